The van der Waals surface area contributed by atoms with Crippen molar-refractivity contribution >= 4 is 11.6 Å². The molecule has 0 saturated carbocycles. The molecule has 0 spiro atoms. The van der Waals surface area contributed by atoms with Gasteiger partial charge in [-0.3, -0.25) is 4.90 Å². The van der Waals surface area contributed by atoms with Crippen molar-refractivity contribution in [2.24, 2.45) is 0 Å². The molecule has 1 aliphatic heterocycles. The SMILES string of the molecule is CC(C)(CCC(C#N)(c1ccccc1)c1ccccc1)N1CC(NCc2cc(Cl)ccc2O)C1. The lowest BCUT2D eigenvalue weighted by molar-refractivity contribution is 0.0153. The summed E-state index contributed by atoms with van der Waals surface area (Å²) < 4.78 is 0. The van der Waals surface area contributed by atoms with Crippen molar-refractivity contribution in [3.05, 3.63) is 101 Å². The second kappa shape index (κ2) is 10.2. The molecular weight excluding hydrogens is 442 g/mol. The zero-order valence-electron chi connectivity index (χ0n) is 19.8. The number of hydrogen-bond donors (Lipinski definition) is 2. The number of nitrogens with zero attached hydrogens (tertiary/aromatic N) is 2. The molecule has 0 bridgehead atoms. The Morgan fingerprint density at radius 3 is 2.12 bits per heavy atom. The van der Waals surface area contributed by atoms with Crippen LogP contribution in [0.4, 0.5) is 0 Å². The van der Waals surface area contributed by atoms with Gasteiger partial charge in [-0.2, -0.15) is 5.26 Å². The third-order valence-electron chi connectivity index (χ3n) is 7.20. The number of halogens is 1. The highest BCUT2D eigenvalue weighted by molar-refractivity contribution is 6.30. The van der Waals surface area contributed by atoms with Crippen LogP contribution in [0.1, 0.15) is 43.4 Å². The maximum atomic E-state index is 10.4. The van der Waals surface area contributed by atoms with Crippen molar-refractivity contribution in [3.63, 3.8) is 0 Å². The van der Waals surface area contributed by atoms with Gasteiger partial charge in [0.05, 0.1) is 6.07 Å². The Morgan fingerprint density at radius 1 is 0.971 bits per heavy atom. The Bertz CT molecular complexity index is 1100. The summed E-state index contributed by atoms with van der Waals surface area (Å²) in [4.78, 5) is 2.47. The van der Waals surface area contributed by atoms with Crippen LogP contribution in [0.15, 0.2) is 78.9 Å². The molecule has 1 saturated heterocycles. The standard InChI is InChI=1S/C29H32ClN3O/c1-28(2,33-19-26(20-33)32-18-22-17-25(30)13-14-27(22)34)15-16-29(21-31,23-9-5-3-6-10-23)24-11-7-4-8-12-24/h3-14,17,26,32,34H,15-16,18-20H2,1-2H3. The van der Waals surface area contributed by atoms with Crippen molar-refractivity contribution in [3.8, 4) is 11.8 Å². The molecule has 176 valence electrons. The first kappa shape index (κ1) is 24.3. The Morgan fingerprint density at radius 2 is 1.56 bits per heavy atom. The highest BCUT2D eigenvalue weighted by atomic mass is 35.5. The van der Waals surface area contributed by atoms with E-state index in [-0.39, 0.29) is 11.3 Å². The quantitative estimate of drug-likeness (QED) is 0.407. The van der Waals surface area contributed by atoms with Gasteiger partial charge in [-0.05, 0) is 56.0 Å². The van der Waals surface area contributed by atoms with Gasteiger partial charge >= 0.3 is 0 Å². The van der Waals surface area contributed by atoms with E-state index in [0.29, 0.717) is 17.6 Å². The molecule has 3 aromatic carbocycles. The fourth-order valence-corrected chi connectivity index (χ4v) is 4.98. The third kappa shape index (κ3) is 5.13. The van der Waals surface area contributed by atoms with Crippen LogP contribution in [0.25, 0.3) is 0 Å². The Hall–Kier alpha value is -2.84. The molecule has 0 atom stereocenters. The Labute approximate surface area is 207 Å². The molecule has 0 unspecified atom stereocenters. The average molecular weight is 474 g/mol. The molecule has 0 radical (unpaired) electrons. The summed E-state index contributed by atoms with van der Waals surface area (Å²) in [5, 5.41) is 24.6. The normalized spacial score (nSPS) is 15.0. The summed E-state index contributed by atoms with van der Waals surface area (Å²) in [6, 6.07) is 28.5. The van der Waals surface area contributed by atoms with E-state index in [4.69, 9.17) is 11.6 Å². The lowest BCUT2D eigenvalue weighted by atomic mass is 9.70. The number of likely N-dealkylation sites (tertiary alicyclic amines) is 1. The second-order valence-electron chi connectivity index (χ2n) is 9.82. The third-order valence-corrected chi connectivity index (χ3v) is 7.43. The molecule has 1 aliphatic rings. The molecular formula is C29H32ClN3O. The van der Waals surface area contributed by atoms with Gasteiger partial charge in [0, 0.05) is 41.8 Å². The number of aromatic hydroxyl groups is 1. The van der Waals surface area contributed by atoms with Crippen molar-refractivity contribution in [2.75, 3.05) is 13.1 Å². The second-order valence-corrected chi connectivity index (χ2v) is 10.3. The molecule has 4 rings (SSSR count). The van der Waals surface area contributed by atoms with Crippen molar-refractivity contribution in [1.29, 1.82) is 5.26 Å². The Kier molecular flexibility index (Phi) is 7.28. The van der Waals surface area contributed by atoms with Gasteiger partial charge in [0.25, 0.3) is 0 Å². The molecule has 0 aromatic heterocycles. The predicted octanol–water partition coefficient (Wildman–Crippen LogP) is 5.89. The van der Waals surface area contributed by atoms with Crippen LogP contribution in [0.3, 0.4) is 0 Å². The number of rotatable bonds is 9. The van der Waals surface area contributed by atoms with Gasteiger partial charge in [0.15, 0.2) is 0 Å². The summed E-state index contributed by atoms with van der Waals surface area (Å²) in [5.74, 6) is 0.267. The van der Waals surface area contributed by atoms with Crippen LogP contribution in [-0.4, -0.2) is 34.7 Å². The van der Waals surface area contributed by atoms with E-state index in [1.54, 1.807) is 18.2 Å². The number of nitrogens with one attached hydrogen (secondary N) is 1. The van der Waals surface area contributed by atoms with Gasteiger partial charge in [0.2, 0.25) is 0 Å². The molecule has 0 amide bonds. The molecule has 4 nitrogen and oxygen atoms in total. The summed E-state index contributed by atoms with van der Waals surface area (Å²) in [5.41, 5.74) is 2.19. The molecule has 3 aromatic rings. The average Bonchev–Trinajstić information content (AvgIpc) is 2.82. The fraction of sp³-hybridized carbons (Fsp3) is 0.345. The number of hydrogen-bond acceptors (Lipinski definition) is 4. The predicted molar refractivity (Wildman–Crippen MR) is 138 cm³/mol. The van der Waals surface area contributed by atoms with Crippen LogP contribution in [0, 0.1) is 11.3 Å². The van der Waals surface area contributed by atoms with Crippen molar-refractivity contribution < 1.29 is 5.11 Å². The minimum absolute atomic E-state index is 0.0396. The maximum Gasteiger partial charge on any atom is 0.120 e. The monoisotopic (exact) mass is 473 g/mol. The molecule has 0 aliphatic carbocycles. The van der Waals surface area contributed by atoms with Gasteiger partial charge in [-0.25, -0.2) is 0 Å². The highest BCUT2D eigenvalue weighted by Gasteiger charge is 2.41. The van der Waals surface area contributed by atoms with E-state index in [9.17, 15) is 10.4 Å². The lowest BCUT2D eigenvalue weighted by Crippen LogP contribution is -2.64. The maximum absolute atomic E-state index is 10.4. The highest BCUT2D eigenvalue weighted by Crippen LogP contribution is 2.39. The first-order valence-corrected chi connectivity index (χ1v) is 12.2. The summed E-state index contributed by atoms with van der Waals surface area (Å²) in [6.45, 7) is 6.99. The van der Waals surface area contributed by atoms with E-state index in [2.05, 4.69) is 54.4 Å². The smallest absolute Gasteiger partial charge is 0.120 e. The van der Waals surface area contributed by atoms with Crippen molar-refractivity contribution in [1.82, 2.24) is 10.2 Å². The minimum Gasteiger partial charge on any atom is -0.508 e. The van der Waals surface area contributed by atoms with Gasteiger partial charge in [-0.15, -0.1) is 0 Å². The summed E-state index contributed by atoms with van der Waals surface area (Å²) >= 11 is 6.06. The largest absolute Gasteiger partial charge is 0.508 e. The molecule has 5 heteroatoms. The van der Waals surface area contributed by atoms with E-state index < -0.39 is 5.41 Å². The van der Waals surface area contributed by atoms with Gasteiger partial charge in [0.1, 0.15) is 11.2 Å². The molecule has 2 N–H and O–H groups in total. The summed E-state index contributed by atoms with van der Waals surface area (Å²) in [7, 11) is 0. The fourth-order valence-electron chi connectivity index (χ4n) is 4.79. The number of phenols is 1. The number of nitriles is 1. The molecule has 1 fully saturated rings. The van der Waals surface area contributed by atoms with Crippen molar-refractivity contribution in [2.45, 2.75) is 50.2 Å². The number of phenolic OH excluding ortho intramolecular Hbond substituents is 1. The van der Waals surface area contributed by atoms with Crippen LogP contribution in [0.2, 0.25) is 5.02 Å². The summed E-state index contributed by atoms with van der Waals surface area (Å²) in [6.07, 6.45) is 1.64. The molecule has 34 heavy (non-hydrogen) atoms. The van der Waals surface area contributed by atoms with E-state index in [0.717, 1.165) is 42.6 Å². The van der Waals surface area contributed by atoms with E-state index >= 15 is 0 Å². The van der Waals surface area contributed by atoms with Gasteiger partial charge < -0.3 is 10.4 Å². The van der Waals surface area contributed by atoms with Crippen LogP contribution in [-0.2, 0) is 12.0 Å². The zero-order chi connectivity index (χ0) is 24.2. The van der Waals surface area contributed by atoms with E-state index in [1.807, 2.05) is 36.4 Å². The number of benzene rings is 3. The van der Waals surface area contributed by atoms with Gasteiger partial charge in [-0.1, -0.05) is 72.3 Å². The van der Waals surface area contributed by atoms with Crippen LogP contribution >= 0.6 is 11.6 Å². The molecule has 1 heterocycles. The topological polar surface area (TPSA) is 59.3 Å². The van der Waals surface area contributed by atoms with Crippen LogP contribution < -0.4 is 5.32 Å². The first-order valence-electron chi connectivity index (χ1n) is 11.8. The first-order chi connectivity index (χ1) is 16.3. The zero-order valence-corrected chi connectivity index (χ0v) is 20.6. The lowest BCUT2D eigenvalue weighted by Gasteiger charge is -2.50. The Balaban J connectivity index is 1.40. The van der Waals surface area contributed by atoms with Crippen LogP contribution in [0.5, 0.6) is 5.75 Å². The minimum atomic E-state index is -0.674. The van der Waals surface area contributed by atoms with E-state index in [1.165, 1.54) is 0 Å².